The van der Waals surface area contributed by atoms with E-state index in [0.29, 0.717) is 0 Å². The van der Waals surface area contributed by atoms with Crippen molar-refractivity contribution in [3.63, 3.8) is 0 Å². The Morgan fingerprint density at radius 1 is 1.17 bits per heavy atom. The number of nitrogens with zero attached hydrogens (tertiary/aromatic N) is 5. The van der Waals surface area contributed by atoms with E-state index in [-0.39, 0.29) is 5.54 Å². The molecular formula is C13H17N5. The Labute approximate surface area is 106 Å². The van der Waals surface area contributed by atoms with E-state index in [4.69, 9.17) is 0 Å². The number of hydrogen-bond acceptors (Lipinski definition) is 4. The summed E-state index contributed by atoms with van der Waals surface area (Å²) in [6.07, 6.45) is 3.74. The second-order valence-electron chi connectivity index (χ2n) is 5.69. The highest BCUT2D eigenvalue weighted by molar-refractivity contribution is 6.14. The molecule has 0 bridgehead atoms. The third-order valence-electron chi connectivity index (χ3n) is 3.28. The summed E-state index contributed by atoms with van der Waals surface area (Å²) >= 11 is 0. The Morgan fingerprint density at radius 2 is 1.89 bits per heavy atom. The van der Waals surface area contributed by atoms with E-state index in [2.05, 4.69) is 46.6 Å². The number of rotatable bonds is 0. The standard InChI is InChI=1S/C13H17N5/c1-8-9-6-18(13(2,3)4)12-10(9)11(14-7-15-12)17(5)16-8/h6-7H,1-5H3. The lowest BCUT2D eigenvalue weighted by Crippen LogP contribution is -2.21. The largest absolute Gasteiger partial charge is 0.326 e. The molecule has 0 amide bonds. The molecule has 0 atom stereocenters. The molecule has 3 rings (SSSR count). The summed E-state index contributed by atoms with van der Waals surface area (Å²) in [7, 11) is 1.92. The molecule has 0 N–H and O–H groups in total. The molecule has 0 radical (unpaired) electrons. The van der Waals surface area contributed by atoms with E-state index in [1.807, 2.05) is 19.0 Å². The predicted octanol–water partition coefficient (Wildman–Crippen LogP) is 2.36. The van der Waals surface area contributed by atoms with Gasteiger partial charge < -0.3 is 4.57 Å². The van der Waals surface area contributed by atoms with Gasteiger partial charge in [0.2, 0.25) is 0 Å². The Morgan fingerprint density at radius 3 is 2.56 bits per heavy atom. The van der Waals surface area contributed by atoms with Crippen molar-refractivity contribution < 1.29 is 0 Å². The van der Waals surface area contributed by atoms with Gasteiger partial charge in [0.15, 0.2) is 5.82 Å². The van der Waals surface area contributed by atoms with E-state index in [0.717, 1.165) is 28.1 Å². The minimum atomic E-state index is -0.00862. The van der Waals surface area contributed by atoms with Crippen molar-refractivity contribution in [2.75, 3.05) is 12.1 Å². The number of hydrazone groups is 1. The molecule has 2 aromatic rings. The van der Waals surface area contributed by atoms with Gasteiger partial charge in [0.1, 0.15) is 12.0 Å². The number of aromatic nitrogens is 3. The van der Waals surface area contributed by atoms with Crippen molar-refractivity contribution in [1.82, 2.24) is 14.5 Å². The summed E-state index contributed by atoms with van der Waals surface area (Å²) in [5.41, 5.74) is 3.11. The molecule has 0 unspecified atom stereocenters. The van der Waals surface area contributed by atoms with Crippen molar-refractivity contribution in [1.29, 1.82) is 0 Å². The molecule has 1 aliphatic rings. The fourth-order valence-corrected chi connectivity index (χ4v) is 2.40. The highest BCUT2D eigenvalue weighted by Gasteiger charge is 2.26. The summed E-state index contributed by atoms with van der Waals surface area (Å²) in [5, 5.41) is 7.41. The summed E-state index contributed by atoms with van der Waals surface area (Å²) < 4.78 is 2.20. The van der Waals surface area contributed by atoms with Gasteiger partial charge in [-0.15, -0.1) is 0 Å². The van der Waals surface area contributed by atoms with Crippen molar-refractivity contribution in [2.24, 2.45) is 5.10 Å². The fraction of sp³-hybridized carbons (Fsp3) is 0.462. The molecule has 0 aromatic carbocycles. The van der Waals surface area contributed by atoms with E-state index < -0.39 is 0 Å². The second-order valence-corrected chi connectivity index (χ2v) is 5.69. The zero-order valence-electron chi connectivity index (χ0n) is 11.4. The Hall–Kier alpha value is -1.91. The first kappa shape index (κ1) is 11.2. The Balaban J connectivity index is 2.44. The lowest BCUT2D eigenvalue weighted by molar-refractivity contribution is 0.408. The van der Waals surface area contributed by atoms with Gasteiger partial charge in [-0.1, -0.05) is 0 Å². The summed E-state index contributed by atoms with van der Waals surface area (Å²) in [5.74, 6) is 0.878. The maximum absolute atomic E-state index is 4.49. The van der Waals surface area contributed by atoms with Crippen LogP contribution in [-0.2, 0) is 5.54 Å². The Bertz CT molecular complexity index is 660. The SMILES string of the molecule is CC1=NN(C)c2ncnc3c2c1cn3C(C)(C)C. The summed E-state index contributed by atoms with van der Waals surface area (Å²) in [6.45, 7) is 8.54. The van der Waals surface area contributed by atoms with Crippen molar-refractivity contribution in [2.45, 2.75) is 33.2 Å². The molecule has 0 fully saturated rings. The van der Waals surface area contributed by atoms with Crippen LogP contribution in [0.2, 0.25) is 0 Å². The van der Waals surface area contributed by atoms with Crippen molar-refractivity contribution in [3.8, 4) is 0 Å². The highest BCUT2D eigenvalue weighted by atomic mass is 15.5. The van der Waals surface area contributed by atoms with Crippen LogP contribution in [0, 0.1) is 0 Å². The van der Waals surface area contributed by atoms with Gasteiger partial charge in [-0.2, -0.15) is 5.10 Å². The molecule has 0 aliphatic carbocycles. The first-order valence-electron chi connectivity index (χ1n) is 6.05. The molecule has 94 valence electrons. The average molecular weight is 243 g/mol. The molecule has 3 heterocycles. The van der Waals surface area contributed by atoms with E-state index in [1.165, 1.54) is 0 Å². The van der Waals surface area contributed by atoms with Gasteiger partial charge in [-0.3, -0.25) is 5.01 Å². The fourth-order valence-electron chi connectivity index (χ4n) is 2.40. The van der Waals surface area contributed by atoms with Crippen LogP contribution in [0.5, 0.6) is 0 Å². The Kier molecular flexibility index (Phi) is 2.06. The maximum Gasteiger partial charge on any atom is 0.162 e. The molecule has 1 aliphatic heterocycles. The van der Waals surface area contributed by atoms with Crippen LogP contribution in [0.1, 0.15) is 33.3 Å². The predicted molar refractivity (Wildman–Crippen MR) is 73.1 cm³/mol. The molecule has 5 heteroatoms. The number of anilines is 1. The van der Waals surface area contributed by atoms with Crippen molar-refractivity contribution >= 4 is 22.6 Å². The van der Waals surface area contributed by atoms with Crippen LogP contribution in [0.15, 0.2) is 17.6 Å². The zero-order valence-corrected chi connectivity index (χ0v) is 11.4. The first-order valence-corrected chi connectivity index (χ1v) is 6.05. The molecule has 2 aromatic heterocycles. The zero-order chi connectivity index (χ0) is 13.1. The smallest absolute Gasteiger partial charge is 0.162 e. The minimum absolute atomic E-state index is 0.00862. The van der Waals surface area contributed by atoms with Crippen LogP contribution in [0.25, 0.3) is 11.0 Å². The third kappa shape index (κ3) is 1.36. The normalized spacial score (nSPS) is 15.2. The van der Waals surface area contributed by atoms with Gasteiger partial charge in [-0.25, -0.2) is 9.97 Å². The first-order chi connectivity index (χ1) is 8.39. The average Bonchev–Trinajstić information content (AvgIpc) is 2.66. The lowest BCUT2D eigenvalue weighted by Gasteiger charge is -2.22. The van der Waals surface area contributed by atoms with Crippen LogP contribution in [0.4, 0.5) is 5.82 Å². The molecule has 5 nitrogen and oxygen atoms in total. The molecule has 0 spiro atoms. The van der Waals surface area contributed by atoms with E-state index in [1.54, 1.807) is 6.33 Å². The molecular weight excluding hydrogens is 226 g/mol. The van der Waals surface area contributed by atoms with Gasteiger partial charge >= 0.3 is 0 Å². The van der Waals surface area contributed by atoms with Gasteiger partial charge in [-0.05, 0) is 27.7 Å². The second kappa shape index (κ2) is 3.31. The molecule has 18 heavy (non-hydrogen) atoms. The maximum atomic E-state index is 4.49. The third-order valence-corrected chi connectivity index (χ3v) is 3.28. The summed E-state index contributed by atoms with van der Waals surface area (Å²) in [4.78, 5) is 8.79. The molecule has 0 saturated heterocycles. The highest BCUT2D eigenvalue weighted by Crippen LogP contribution is 2.34. The monoisotopic (exact) mass is 243 g/mol. The van der Waals surface area contributed by atoms with Crippen molar-refractivity contribution in [3.05, 3.63) is 18.1 Å². The van der Waals surface area contributed by atoms with Gasteiger partial charge in [0, 0.05) is 24.3 Å². The van der Waals surface area contributed by atoms with Crippen LogP contribution in [-0.4, -0.2) is 27.3 Å². The summed E-state index contributed by atoms with van der Waals surface area (Å²) in [6, 6.07) is 0. The van der Waals surface area contributed by atoms with E-state index in [9.17, 15) is 0 Å². The van der Waals surface area contributed by atoms with Gasteiger partial charge in [0.05, 0.1) is 11.1 Å². The van der Waals surface area contributed by atoms with E-state index >= 15 is 0 Å². The topological polar surface area (TPSA) is 46.3 Å². The van der Waals surface area contributed by atoms with Crippen LogP contribution >= 0.6 is 0 Å². The van der Waals surface area contributed by atoms with Gasteiger partial charge in [0.25, 0.3) is 0 Å². The van der Waals surface area contributed by atoms with Crippen LogP contribution in [0.3, 0.4) is 0 Å². The number of hydrogen-bond donors (Lipinski definition) is 0. The minimum Gasteiger partial charge on any atom is -0.326 e. The quantitative estimate of drug-likeness (QED) is 0.713. The van der Waals surface area contributed by atoms with Crippen LogP contribution < -0.4 is 5.01 Å². The molecule has 0 saturated carbocycles. The lowest BCUT2D eigenvalue weighted by atomic mass is 10.1.